The molecule has 2 heterocycles. The second-order valence-corrected chi connectivity index (χ2v) is 7.72. The quantitative estimate of drug-likeness (QED) is 0.372. The molecule has 178 valence electrons. The number of rotatable bonds is 6. The van der Waals surface area contributed by atoms with E-state index in [0.29, 0.717) is 16.9 Å². The Hall–Kier alpha value is -3.75. The molecule has 3 N–H and O–H groups in total. The van der Waals surface area contributed by atoms with Crippen molar-refractivity contribution in [1.82, 2.24) is 14.8 Å². The fourth-order valence-electron chi connectivity index (χ4n) is 3.32. The number of alkyl halides is 3. The number of nitriles is 1. The zero-order chi connectivity index (χ0) is 25.0. The number of nitrogens with one attached hydrogen (secondary N) is 1. The smallest absolute Gasteiger partial charge is 0.372 e. The van der Waals surface area contributed by atoms with E-state index in [1.165, 1.54) is 36.7 Å². The van der Waals surface area contributed by atoms with Crippen LogP contribution < -0.4 is 5.32 Å². The van der Waals surface area contributed by atoms with E-state index >= 15 is 0 Å². The molecule has 2 aromatic heterocycles. The van der Waals surface area contributed by atoms with Crippen molar-refractivity contribution in [1.29, 1.82) is 5.26 Å². The highest BCUT2D eigenvalue weighted by molar-refractivity contribution is 5.55. The molecule has 1 aliphatic rings. The molecule has 34 heavy (non-hydrogen) atoms. The molecular weight excluding hydrogens is 451 g/mol. The third kappa shape index (κ3) is 5.08. The van der Waals surface area contributed by atoms with E-state index < -0.39 is 17.5 Å². The van der Waals surface area contributed by atoms with Gasteiger partial charge in [-0.3, -0.25) is 4.98 Å². The van der Waals surface area contributed by atoms with Crippen LogP contribution in [0.1, 0.15) is 35.2 Å². The van der Waals surface area contributed by atoms with Gasteiger partial charge in [0, 0.05) is 31.9 Å². The van der Waals surface area contributed by atoms with Crippen LogP contribution in [0.15, 0.2) is 54.9 Å². The summed E-state index contributed by atoms with van der Waals surface area (Å²) >= 11 is 0. The Bertz CT molecular complexity index is 1160. The Morgan fingerprint density at radius 1 is 1.18 bits per heavy atom. The molecule has 1 aromatic carbocycles. The number of hydrogen-bond donors (Lipinski definition) is 3. The van der Waals surface area contributed by atoms with Gasteiger partial charge in [0.15, 0.2) is 0 Å². The number of hydrogen-bond acceptors (Lipinski definition) is 7. The van der Waals surface area contributed by atoms with Crippen LogP contribution in [0.5, 0.6) is 0 Å². The standard InChI is InChI=1S/C12H11F3O.C11H11N5O2/c13-12(14,15)11(6-7-11)10-3-1-9(2-4-10)5-8-16;1-13-10-4-5-16(15-10)11(17,18)9-3-2-8(6-12)7-14-9/h1-4,8H,5-7H2;2-5,7,17-18H,1H3,(H,13,15). The van der Waals surface area contributed by atoms with Gasteiger partial charge in [0.25, 0.3) is 0 Å². The van der Waals surface area contributed by atoms with Gasteiger partial charge in [0.2, 0.25) is 0 Å². The first-order valence-corrected chi connectivity index (χ1v) is 10.2. The number of halogens is 3. The average Bonchev–Trinajstić information content (AvgIpc) is 3.51. The second kappa shape index (κ2) is 9.62. The molecule has 1 saturated carbocycles. The summed E-state index contributed by atoms with van der Waals surface area (Å²) in [4.78, 5) is 14.1. The van der Waals surface area contributed by atoms with Crippen molar-refractivity contribution in [2.24, 2.45) is 0 Å². The predicted molar refractivity (Wildman–Crippen MR) is 115 cm³/mol. The number of anilines is 1. The number of carbonyl (C=O) groups excluding carboxylic acids is 1. The molecule has 8 nitrogen and oxygen atoms in total. The summed E-state index contributed by atoms with van der Waals surface area (Å²) in [6, 6.07) is 12.5. The maximum Gasteiger partial charge on any atom is 0.398 e. The van der Waals surface area contributed by atoms with Crippen molar-refractivity contribution in [2.75, 3.05) is 12.4 Å². The molecule has 0 spiro atoms. The Labute approximate surface area is 193 Å². The Balaban J connectivity index is 0.000000192. The molecule has 0 radical (unpaired) electrons. The average molecular weight is 473 g/mol. The summed E-state index contributed by atoms with van der Waals surface area (Å²) in [5.74, 6) is -1.86. The van der Waals surface area contributed by atoms with Crippen LogP contribution in [0.3, 0.4) is 0 Å². The van der Waals surface area contributed by atoms with Crippen LogP contribution in [0.25, 0.3) is 0 Å². The second-order valence-electron chi connectivity index (χ2n) is 7.72. The predicted octanol–water partition coefficient (Wildman–Crippen LogP) is 2.86. The lowest BCUT2D eigenvalue weighted by Crippen LogP contribution is -2.35. The largest absolute Gasteiger partial charge is 0.398 e. The molecule has 0 aliphatic heterocycles. The van der Waals surface area contributed by atoms with E-state index in [1.807, 2.05) is 6.07 Å². The van der Waals surface area contributed by atoms with Crippen LogP contribution in [-0.4, -0.2) is 44.5 Å². The molecule has 0 bridgehead atoms. The normalized spacial score (nSPS) is 14.4. The first kappa shape index (κ1) is 24.9. The summed E-state index contributed by atoms with van der Waals surface area (Å²) in [6.45, 7) is 0. The van der Waals surface area contributed by atoms with Crippen molar-refractivity contribution in [3.8, 4) is 6.07 Å². The molecular formula is C23H22F3N5O3. The van der Waals surface area contributed by atoms with E-state index in [2.05, 4.69) is 15.4 Å². The highest BCUT2D eigenvalue weighted by Crippen LogP contribution is 2.58. The van der Waals surface area contributed by atoms with Crippen LogP contribution >= 0.6 is 0 Å². The highest BCUT2D eigenvalue weighted by Gasteiger charge is 2.64. The van der Waals surface area contributed by atoms with E-state index in [9.17, 15) is 28.2 Å². The summed E-state index contributed by atoms with van der Waals surface area (Å²) in [5.41, 5.74) is -0.239. The van der Waals surface area contributed by atoms with Gasteiger partial charge in [-0.15, -0.1) is 0 Å². The topological polar surface area (TPSA) is 124 Å². The van der Waals surface area contributed by atoms with Gasteiger partial charge in [-0.25, -0.2) is 4.68 Å². The number of aromatic nitrogens is 3. The third-order valence-corrected chi connectivity index (χ3v) is 5.52. The third-order valence-electron chi connectivity index (χ3n) is 5.52. The van der Waals surface area contributed by atoms with E-state index in [1.54, 1.807) is 25.2 Å². The number of aldehydes is 1. The molecule has 0 atom stereocenters. The Morgan fingerprint density at radius 3 is 2.29 bits per heavy atom. The van der Waals surface area contributed by atoms with Crippen molar-refractivity contribution >= 4 is 12.1 Å². The van der Waals surface area contributed by atoms with Crippen LogP contribution in [0, 0.1) is 11.3 Å². The summed E-state index contributed by atoms with van der Waals surface area (Å²) in [5, 5.41) is 35.4. The first-order chi connectivity index (χ1) is 16.1. The van der Waals surface area contributed by atoms with Gasteiger partial charge in [-0.1, -0.05) is 24.3 Å². The van der Waals surface area contributed by atoms with Crippen LogP contribution in [-0.2, 0) is 22.5 Å². The van der Waals surface area contributed by atoms with E-state index in [-0.39, 0.29) is 25.0 Å². The van der Waals surface area contributed by atoms with Crippen molar-refractivity contribution in [3.63, 3.8) is 0 Å². The fraction of sp³-hybridized carbons (Fsp3) is 0.304. The fourth-order valence-corrected chi connectivity index (χ4v) is 3.32. The molecule has 1 aliphatic carbocycles. The molecule has 11 heteroatoms. The van der Waals surface area contributed by atoms with Gasteiger partial charge in [-0.2, -0.15) is 23.5 Å². The first-order valence-electron chi connectivity index (χ1n) is 10.2. The molecule has 1 fully saturated rings. The van der Waals surface area contributed by atoms with Gasteiger partial charge in [0.1, 0.15) is 23.9 Å². The summed E-state index contributed by atoms with van der Waals surface area (Å²) in [6.07, 6.45) is -0.165. The van der Waals surface area contributed by atoms with Gasteiger partial charge < -0.3 is 20.3 Å². The number of pyridine rings is 1. The summed E-state index contributed by atoms with van der Waals surface area (Å²) < 4.78 is 39.3. The highest BCUT2D eigenvalue weighted by atomic mass is 19.4. The lowest BCUT2D eigenvalue weighted by atomic mass is 9.94. The lowest BCUT2D eigenvalue weighted by Gasteiger charge is -2.20. The minimum atomic E-state index is -4.17. The van der Waals surface area contributed by atoms with Gasteiger partial charge in [0.05, 0.1) is 11.0 Å². The number of benzene rings is 1. The number of carbonyl (C=O) groups is 1. The molecule has 0 amide bonds. The van der Waals surface area contributed by atoms with Crippen LogP contribution in [0.4, 0.5) is 19.0 Å². The van der Waals surface area contributed by atoms with Gasteiger partial charge >= 0.3 is 12.1 Å². The number of nitrogens with zero attached hydrogens (tertiary/aromatic N) is 4. The summed E-state index contributed by atoms with van der Waals surface area (Å²) in [7, 11) is 1.67. The zero-order valence-electron chi connectivity index (χ0n) is 18.1. The van der Waals surface area contributed by atoms with E-state index in [4.69, 9.17) is 5.26 Å². The molecule has 0 unspecified atom stereocenters. The maximum atomic E-state index is 12.8. The minimum Gasteiger partial charge on any atom is -0.372 e. The minimum absolute atomic E-state index is 0.0211. The molecule has 3 aromatic rings. The van der Waals surface area contributed by atoms with E-state index in [0.717, 1.165) is 16.5 Å². The number of aliphatic hydroxyl groups is 2. The zero-order valence-corrected chi connectivity index (χ0v) is 18.1. The Morgan fingerprint density at radius 2 is 1.85 bits per heavy atom. The monoisotopic (exact) mass is 473 g/mol. The van der Waals surface area contributed by atoms with Gasteiger partial charge in [-0.05, 0) is 36.1 Å². The molecule has 4 rings (SSSR count). The van der Waals surface area contributed by atoms with Crippen molar-refractivity contribution < 1.29 is 28.2 Å². The maximum absolute atomic E-state index is 12.8. The van der Waals surface area contributed by atoms with Crippen LogP contribution in [0.2, 0.25) is 0 Å². The van der Waals surface area contributed by atoms with Crippen molar-refractivity contribution in [3.05, 3.63) is 77.2 Å². The van der Waals surface area contributed by atoms with Crippen molar-refractivity contribution in [2.45, 2.75) is 36.8 Å². The lowest BCUT2D eigenvalue weighted by molar-refractivity contribution is -0.203. The SMILES string of the molecule is CNc1ccn(C(O)(O)c2ccc(C#N)cn2)n1.O=CCc1ccc(C2(C(F)(F)F)CC2)cc1. The Kier molecular flexibility index (Phi) is 7.04. The molecule has 0 saturated heterocycles.